The fourth-order valence-corrected chi connectivity index (χ4v) is 5.39. The second-order valence-electron chi connectivity index (χ2n) is 8.29. The van der Waals surface area contributed by atoms with E-state index in [1.807, 2.05) is 31.2 Å². The van der Waals surface area contributed by atoms with E-state index in [1.54, 1.807) is 0 Å². The predicted octanol–water partition coefficient (Wildman–Crippen LogP) is 4.96. The van der Waals surface area contributed by atoms with Gasteiger partial charge in [0.2, 0.25) is 5.91 Å². The Morgan fingerprint density at radius 2 is 1.72 bits per heavy atom. The molecule has 2 aromatic rings. The summed E-state index contributed by atoms with van der Waals surface area (Å²) in [4.78, 5) is 31.3. The summed E-state index contributed by atoms with van der Waals surface area (Å²) in [6, 6.07) is 7.79. The van der Waals surface area contributed by atoms with Gasteiger partial charge in [-0.3, -0.25) is 14.9 Å². The topological polar surface area (TPSA) is 71.1 Å². The van der Waals surface area contributed by atoms with Crippen molar-refractivity contribution in [2.75, 3.05) is 5.32 Å². The predicted molar refractivity (Wildman–Crippen MR) is 117 cm³/mol. The SMILES string of the molecule is Cc1ccc(C(=O)Nc2nc3c(s2)CCCC3C(=O)NC2CCCCCC2)cc1. The fourth-order valence-electron chi connectivity index (χ4n) is 4.33. The Hall–Kier alpha value is -2.21. The largest absolute Gasteiger partial charge is 0.353 e. The van der Waals surface area contributed by atoms with Gasteiger partial charge in [-0.15, -0.1) is 11.3 Å². The van der Waals surface area contributed by atoms with Crippen molar-refractivity contribution in [3.63, 3.8) is 0 Å². The number of anilines is 1. The molecule has 1 fully saturated rings. The van der Waals surface area contributed by atoms with E-state index in [-0.39, 0.29) is 17.7 Å². The Bertz CT molecular complexity index is 867. The maximum Gasteiger partial charge on any atom is 0.257 e. The van der Waals surface area contributed by atoms with E-state index in [2.05, 4.69) is 15.6 Å². The van der Waals surface area contributed by atoms with Crippen molar-refractivity contribution in [3.05, 3.63) is 46.0 Å². The zero-order chi connectivity index (χ0) is 20.2. The van der Waals surface area contributed by atoms with Gasteiger partial charge in [0, 0.05) is 16.5 Å². The van der Waals surface area contributed by atoms with Gasteiger partial charge < -0.3 is 5.32 Å². The maximum absolute atomic E-state index is 13.0. The molecule has 2 N–H and O–H groups in total. The van der Waals surface area contributed by atoms with Crippen LogP contribution in [0, 0.1) is 6.92 Å². The first-order valence-electron chi connectivity index (χ1n) is 10.8. The maximum atomic E-state index is 13.0. The number of thiazole rings is 1. The minimum atomic E-state index is -0.191. The van der Waals surface area contributed by atoms with Gasteiger partial charge in [-0.1, -0.05) is 43.4 Å². The lowest BCUT2D eigenvalue weighted by Gasteiger charge is -2.24. The number of aryl methyl sites for hydroxylation is 2. The first-order valence-corrected chi connectivity index (χ1v) is 11.6. The van der Waals surface area contributed by atoms with E-state index in [0.29, 0.717) is 16.7 Å². The zero-order valence-corrected chi connectivity index (χ0v) is 17.8. The van der Waals surface area contributed by atoms with Crippen molar-refractivity contribution in [1.29, 1.82) is 0 Å². The lowest BCUT2D eigenvalue weighted by Crippen LogP contribution is -2.38. The van der Waals surface area contributed by atoms with Gasteiger partial charge in [0.05, 0.1) is 11.6 Å². The molecule has 1 aromatic carbocycles. The molecule has 154 valence electrons. The van der Waals surface area contributed by atoms with Gasteiger partial charge in [-0.2, -0.15) is 0 Å². The molecule has 1 heterocycles. The number of carbonyl (C=O) groups is 2. The van der Waals surface area contributed by atoms with E-state index < -0.39 is 0 Å². The molecule has 1 atom stereocenters. The van der Waals surface area contributed by atoms with E-state index >= 15 is 0 Å². The number of nitrogens with one attached hydrogen (secondary N) is 2. The first-order chi connectivity index (χ1) is 14.1. The van der Waals surface area contributed by atoms with Crippen LogP contribution in [-0.2, 0) is 11.2 Å². The molecule has 2 aliphatic carbocycles. The van der Waals surface area contributed by atoms with Crippen LogP contribution in [0.25, 0.3) is 0 Å². The molecule has 2 aliphatic rings. The molecule has 6 heteroatoms. The number of amides is 2. The summed E-state index contributed by atoms with van der Waals surface area (Å²) in [6.45, 7) is 2.00. The molecule has 1 saturated carbocycles. The smallest absolute Gasteiger partial charge is 0.257 e. The molecule has 29 heavy (non-hydrogen) atoms. The summed E-state index contributed by atoms with van der Waals surface area (Å²) in [6.07, 6.45) is 9.87. The number of carbonyl (C=O) groups excluding carboxylic acids is 2. The quantitative estimate of drug-likeness (QED) is 0.698. The Morgan fingerprint density at radius 3 is 2.45 bits per heavy atom. The Balaban J connectivity index is 1.45. The van der Waals surface area contributed by atoms with Crippen LogP contribution in [0.15, 0.2) is 24.3 Å². The van der Waals surface area contributed by atoms with Gasteiger partial charge in [-0.25, -0.2) is 4.98 Å². The monoisotopic (exact) mass is 411 g/mol. The van der Waals surface area contributed by atoms with Gasteiger partial charge in [0.25, 0.3) is 5.91 Å². The Kier molecular flexibility index (Phi) is 6.28. The second kappa shape index (κ2) is 9.08. The van der Waals surface area contributed by atoms with Crippen LogP contribution in [0.1, 0.15) is 83.8 Å². The number of fused-ring (bicyclic) bond motifs is 1. The van der Waals surface area contributed by atoms with Crippen molar-refractivity contribution in [3.8, 4) is 0 Å². The van der Waals surface area contributed by atoms with Crippen molar-refractivity contribution in [2.24, 2.45) is 0 Å². The molecule has 5 nitrogen and oxygen atoms in total. The Morgan fingerprint density at radius 1 is 1.00 bits per heavy atom. The minimum Gasteiger partial charge on any atom is -0.353 e. The summed E-state index contributed by atoms with van der Waals surface area (Å²) < 4.78 is 0. The zero-order valence-electron chi connectivity index (χ0n) is 17.0. The van der Waals surface area contributed by atoms with Crippen molar-refractivity contribution in [1.82, 2.24) is 10.3 Å². The molecule has 0 radical (unpaired) electrons. The molecule has 1 unspecified atom stereocenters. The van der Waals surface area contributed by atoms with Gasteiger partial charge >= 0.3 is 0 Å². The van der Waals surface area contributed by atoms with Crippen molar-refractivity contribution < 1.29 is 9.59 Å². The van der Waals surface area contributed by atoms with Crippen molar-refractivity contribution in [2.45, 2.75) is 76.7 Å². The van der Waals surface area contributed by atoms with Gasteiger partial charge in [0.15, 0.2) is 5.13 Å². The number of aromatic nitrogens is 1. The Labute approximate surface area is 176 Å². The van der Waals surface area contributed by atoms with Crippen LogP contribution in [0.2, 0.25) is 0 Å². The van der Waals surface area contributed by atoms with Gasteiger partial charge in [-0.05, 0) is 51.2 Å². The number of hydrogen-bond donors (Lipinski definition) is 2. The van der Waals surface area contributed by atoms with Crippen LogP contribution in [0.4, 0.5) is 5.13 Å². The van der Waals surface area contributed by atoms with Crippen LogP contribution >= 0.6 is 11.3 Å². The third-order valence-corrected chi connectivity index (χ3v) is 7.05. The number of benzene rings is 1. The molecule has 0 bridgehead atoms. The molecular formula is C23H29N3O2S. The lowest BCUT2D eigenvalue weighted by molar-refractivity contribution is -0.123. The third kappa shape index (κ3) is 4.86. The first kappa shape index (κ1) is 20.1. The highest BCUT2D eigenvalue weighted by molar-refractivity contribution is 7.15. The number of hydrogen-bond acceptors (Lipinski definition) is 4. The van der Waals surface area contributed by atoms with E-state index in [4.69, 9.17) is 0 Å². The highest BCUT2D eigenvalue weighted by Crippen LogP contribution is 2.37. The summed E-state index contributed by atoms with van der Waals surface area (Å²) in [7, 11) is 0. The second-order valence-corrected chi connectivity index (χ2v) is 9.37. The van der Waals surface area contributed by atoms with Crippen LogP contribution in [-0.4, -0.2) is 22.8 Å². The highest BCUT2D eigenvalue weighted by Gasteiger charge is 2.31. The lowest BCUT2D eigenvalue weighted by atomic mass is 9.90. The molecule has 0 aliphatic heterocycles. The highest BCUT2D eigenvalue weighted by atomic mass is 32.1. The van der Waals surface area contributed by atoms with Crippen LogP contribution in [0.5, 0.6) is 0 Å². The average Bonchev–Trinajstić information content (AvgIpc) is 2.95. The summed E-state index contributed by atoms with van der Waals surface area (Å²) in [5.74, 6) is -0.238. The summed E-state index contributed by atoms with van der Waals surface area (Å²) in [5, 5.41) is 6.80. The molecule has 1 aromatic heterocycles. The van der Waals surface area contributed by atoms with E-state index in [0.717, 1.165) is 48.2 Å². The number of nitrogens with zero attached hydrogens (tertiary/aromatic N) is 1. The summed E-state index contributed by atoms with van der Waals surface area (Å²) >= 11 is 1.51. The fraction of sp³-hybridized carbons (Fsp3) is 0.522. The molecule has 0 spiro atoms. The average molecular weight is 412 g/mol. The summed E-state index contributed by atoms with van der Waals surface area (Å²) in [5.41, 5.74) is 2.60. The minimum absolute atomic E-state index is 0.111. The van der Waals surface area contributed by atoms with E-state index in [9.17, 15) is 9.59 Å². The normalized spacial score (nSPS) is 19.8. The molecule has 2 amide bonds. The standard InChI is InChI=1S/C23H29N3O2S/c1-15-11-13-16(14-12-15)21(27)26-23-25-20-18(9-6-10-19(20)29-23)22(28)24-17-7-4-2-3-5-8-17/h11-14,17-18H,2-10H2,1H3,(H,24,28)(H,25,26,27). The van der Waals surface area contributed by atoms with Crippen molar-refractivity contribution >= 4 is 28.3 Å². The molecule has 0 saturated heterocycles. The third-order valence-electron chi connectivity index (χ3n) is 6.01. The van der Waals surface area contributed by atoms with E-state index in [1.165, 1.54) is 37.0 Å². The molecular weight excluding hydrogens is 382 g/mol. The molecule has 4 rings (SSSR count). The number of rotatable bonds is 4. The van der Waals surface area contributed by atoms with Crippen LogP contribution < -0.4 is 10.6 Å². The van der Waals surface area contributed by atoms with Crippen LogP contribution in [0.3, 0.4) is 0 Å². The van der Waals surface area contributed by atoms with Gasteiger partial charge in [0.1, 0.15) is 0 Å².